The summed E-state index contributed by atoms with van der Waals surface area (Å²) in [5.74, 6) is 0.0470. The first-order valence-electron chi connectivity index (χ1n) is 9.44. The Bertz CT molecular complexity index is 840. The molecular weight excluding hydrogens is 364 g/mol. The molecule has 2 unspecified atom stereocenters. The van der Waals surface area contributed by atoms with Gasteiger partial charge >= 0.3 is 0 Å². The molecule has 0 radical (unpaired) electrons. The Morgan fingerprint density at radius 3 is 1.82 bits per heavy atom. The van der Waals surface area contributed by atoms with E-state index in [9.17, 15) is 4.79 Å². The van der Waals surface area contributed by atoms with E-state index in [-0.39, 0.29) is 17.2 Å². The molecule has 0 aliphatic carbocycles. The van der Waals surface area contributed by atoms with Crippen molar-refractivity contribution in [3.05, 3.63) is 108 Å². The summed E-state index contributed by atoms with van der Waals surface area (Å²) in [4.78, 5) is 13.0. The number of nitrogens with one attached hydrogen (secondary N) is 2. The molecule has 2 N–H and O–H groups in total. The first kappa shape index (κ1) is 20.2. The van der Waals surface area contributed by atoms with E-state index in [1.54, 1.807) is 11.8 Å². The summed E-state index contributed by atoms with van der Waals surface area (Å²) in [6.07, 6.45) is 1.99. The molecule has 0 aliphatic rings. The Hall–Kier alpha value is -2.56. The molecule has 0 spiro atoms. The predicted octanol–water partition coefficient (Wildman–Crippen LogP) is 4.57. The lowest BCUT2D eigenvalue weighted by atomic mass is 10.0. The van der Waals surface area contributed by atoms with Crippen molar-refractivity contribution in [3.63, 3.8) is 0 Å². The van der Waals surface area contributed by atoms with Crippen LogP contribution in [0.1, 0.15) is 22.7 Å². The third-order valence-corrected chi connectivity index (χ3v) is 5.65. The number of thioether (sulfide) groups is 1. The highest BCUT2D eigenvalue weighted by atomic mass is 32.2. The summed E-state index contributed by atoms with van der Waals surface area (Å²) < 4.78 is 0. The molecule has 3 aromatic rings. The standard InChI is InChI=1S/C24H26N2OS/c1-28-23(24(27)26-18-20-13-7-3-8-14-20)22(21-15-9-4-10-16-21)25-17-19-11-5-2-6-12-19/h2-16,22-23,25H,17-18H2,1H3,(H,26,27). The molecule has 28 heavy (non-hydrogen) atoms. The van der Waals surface area contributed by atoms with Gasteiger partial charge in [-0.05, 0) is 22.9 Å². The lowest BCUT2D eigenvalue weighted by molar-refractivity contribution is -0.121. The van der Waals surface area contributed by atoms with Crippen molar-refractivity contribution in [2.45, 2.75) is 24.4 Å². The number of amides is 1. The minimum absolute atomic E-state index is 0.0470. The molecule has 144 valence electrons. The zero-order valence-electron chi connectivity index (χ0n) is 16.0. The van der Waals surface area contributed by atoms with E-state index in [0.717, 1.165) is 11.1 Å². The van der Waals surface area contributed by atoms with Crippen LogP contribution >= 0.6 is 11.8 Å². The van der Waals surface area contributed by atoms with Crippen molar-refractivity contribution in [1.82, 2.24) is 10.6 Å². The van der Waals surface area contributed by atoms with Gasteiger partial charge in [0, 0.05) is 13.1 Å². The summed E-state index contributed by atoms with van der Waals surface area (Å²) in [7, 11) is 0. The Morgan fingerprint density at radius 2 is 1.29 bits per heavy atom. The van der Waals surface area contributed by atoms with Crippen molar-refractivity contribution in [3.8, 4) is 0 Å². The monoisotopic (exact) mass is 390 g/mol. The fraction of sp³-hybridized carbons (Fsp3) is 0.208. The third kappa shape index (κ3) is 5.72. The van der Waals surface area contributed by atoms with E-state index in [1.807, 2.05) is 73.0 Å². The fourth-order valence-corrected chi connectivity index (χ4v) is 3.99. The molecule has 0 bridgehead atoms. The van der Waals surface area contributed by atoms with Gasteiger partial charge < -0.3 is 10.6 Å². The Kier molecular flexibility index (Phi) is 7.71. The molecule has 2 atom stereocenters. The van der Waals surface area contributed by atoms with Crippen LogP contribution < -0.4 is 10.6 Å². The summed E-state index contributed by atoms with van der Waals surface area (Å²) in [6, 6.07) is 30.4. The van der Waals surface area contributed by atoms with Crippen molar-refractivity contribution in [1.29, 1.82) is 0 Å². The number of carbonyl (C=O) groups excluding carboxylic acids is 1. The average Bonchev–Trinajstić information content (AvgIpc) is 2.77. The number of carbonyl (C=O) groups is 1. The van der Waals surface area contributed by atoms with E-state index in [0.29, 0.717) is 13.1 Å². The summed E-state index contributed by atoms with van der Waals surface area (Å²) >= 11 is 1.58. The maximum Gasteiger partial charge on any atom is 0.235 e. The van der Waals surface area contributed by atoms with Crippen molar-refractivity contribution in [2.75, 3.05) is 6.26 Å². The minimum Gasteiger partial charge on any atom is -0.351 e. The molecule has 1 amide bonds. The Morgan fingerprint density at radius 1 is 0.786 bits per heavy atom. The molecular formula is C24H26N2OS. The first-order chi connectivity index (χ1) is 13.8. The summed E-state index contributed by atoms with van der Waals surface area (Å²) in [6.45, 7) is 1.25. The summed E-state index contributed by atoms with van der Waals surface area (Å²) in [5.41, 5.74) is 3.42. The second-order valence-corrected chi connectivity index (χ2v) is 7.59. The van der Waals surface area contributed by atoms with Gasteiger partial charge in [-0.1, -0.05) is 91.0 Å². The zero-order valence-corrected chi connectivity index (χ0v) is 16.9. The number of hydrogen-bond donors (Lipinski definition) is 2. The SMILES string of the molecule is CSC(C(=O)NCc1ccccc1)C(NCc1ccccc1)c1ccccc1. The maximum absolute atomic E-state index is 13.0. The fourth-order valence-electron chi connectivity index (χ4n) is 3.16. The Labute approximate surface area is 171 Å². The highest BCUT2D eigenvalue weighted by Gasteiger charge is 2.28. The van der Waals surface area contributed by atoms with Gasteiger partial charge in [0.05, 0.1) is 6.04 Å². The number of hydrogen-bond acceptors (Lipinski definition) is 3. The molecule has 3 rings (SSSR count). The molecule has 0 aromatic heterocycles. The van der Waals surface area contributed by atoms with Gasteiger partial charge in [0.1, 0.15) is 5.25 Å². The van der Waals surface area contributed by atoms with E-state index < -0.39 is 0 Å². The van der Waals surface area contributed by atoms with Crippen molar-refractivity contribution >= 4 is 17.7 Å². The van der Waals surface area contributed by atoms with Crippen LogP contribution in [0.5, 0.6) is 0 Å². The largest absolute Gasteiger partial charge is 0.351 e. The molecule has 0 saturated heterocycles. The molecule has 4 heteroatoms. The van der Waals surface area contributed by atoms with Gasteiger partial charge in [-0.2, -0.15) is 11.8 Å². The second kappa shape index (κ2) is 10.7. The van der Waals surface area contributed by atoms with Crippen LogP contribution in [0, 0.1) is 0 Å². The number of rotatable bonds is 9. The van der Waals surface area contributed by atoms with E-state index in [1.165, 1.54) is 5.56 Å². The number of benzene rings is 3. The zero-order chi connectivity index (χ0) is 19.6. The van der Waals surface area contributed by atoms with E-state index in [4.69, 9.17) is 0 Å². The average molecular weight is 391 g/mol. The van der Waals surface area contributed by atoms with Crippen molar-refractivity contribution in [2.24, 2.45) is 0 Å². The quantitative estimate of drug-likeness (QED) is 0.562. The van der Waals surface area contributed by atoms with Gasteiger partial charge in [0.15, 0.2) is 0 Å². The van der Waals surface area contributed by atoms with Gasteiger partial charge in [0.25, 0.3) is 0 Å². The lowest BCUT2D eigenvalue weighted by Gasteiger charge is -2.27. The highest BCUT2D eigenvalue weighted by molar-refractivity contribution is 8.00. The van der Waals surface area contributed by atoms with Crippen LogP contribution in [0.15, 0.2) is 91.0 Å². The first-order valence-corrected chi connectivity index (χ1v) is 10.7. The van der Waals surface area contributed by atoms with Gasteiger partial charge in [-0.3, -0.25) is 4.79 Å². The van der Waals surface area contributed by atoms with Gasteiger partial charge in [-0.15, -0.1) is 0 Å². The molecule has 0 saturated carbocycles. The van der Waals surface area contributed by atoms with Gasteiger partial charge in [-0.25, -0.2) is 0 Å². The highest BCUT2D eigenvalue weighted by Crippen LogP contribution is 2.26. The van der Waals surface area contributed by atoms with Crippen LogP contribution in [0.4, 0.5) is 0 Å². The van der Waals surface area contributed by atoms with Gasteiger partial charge in [0.2, 0.25) is 5.91 Å². The smallest absolute Gasteiger partial charge is 0.235 e. The molecule has 3 nitrogen and oxygen atoms in total. The molecule has 0 fully saturated rings. The predicted molar refractivity (Wildman–Crippen MR) is 118 cm³/mol. The third-order valence-electron chi connectivity index (χ3n) is 4.65. The van der Waals surface area contributed by atoms with Crippen LogP contribution in [0.25, 0.3) is 0 Å². The van der Waals surface area contributed by atoms with Crippen molar-refractivity contribution < 1.29 is 4.79 Å². The molecule has 3 aromatic carbocycles. The minimum atomic E-state index is -0.227. The normalized spacial score (nSPS) is 12.9. The molecule has 0 aliphatic heterocycles. The lowest BCUT2D eigenvalue weighted by Crippen LogP contribution is -2.41. The summed E-state index contributed by atoms with van der Waals surface area (Å²) in [5, 5.41) is 6.47. The topological polar surface area (TPSA) is 41.1 Å². The second-order valence-electron chi connectivity index (χ2n) is 6.61. The van der Waals surface area contributed by atoms with E-state index >= 15 is 0 Å². The van der Waals surface area contributed by atoms with Crippen LogP contribution in [0.3, 0.4) is 0 Å². The molecule has 0 heterocycles. The van der Waals surface area contributed by atoms with Crippen LogP contribution in [-0.4, -0.2) is 17.4 Å². The van der Waals surface area contributed by atoms with Crippen LogP contribution in [0.2, 0.25) is 0 Å². The van der Waals surface area contributed by atoms with Crippen LogP contribution in [-0.2, 0) is 17.9 Å². The maximum atomic E-state index is 13.0. The van der Waals surface area contributed by atoms with E-state index in [2.05, 4.69) is 34.9 Å². The Balaban J connectivity index is 1.73.